The Morgan fingerprint density at radius 3 is 2.60 bits per heavy atom. The second kappa shape index (κ2) is 6.39. The van der Waals surface area contributed by atoms with Crippen molar-refractivity contribution in [2.45, 2.75) is 31.3 Å². The molecule has 1 heterocycles. The summed E-state index contributed by atoms with van der Waals surface area (Å²) in [6.07, 6.45) is 0. The maximum atomic E-state index is 11.7. The fourth-order valence-corrected chi connectivity index (χ4v) is 3.88. The Labute approximate surface area is 124 Å². The third-order valence-electron chi connectivity index (χ3n) is 3.30. The van der Waals surface area contributed by atoms with Crippen LogP contribution in [0.3, 0.4) is 0 Å². The summed E-state index contributed by atoms with van der Waals surface area (Å²) >= 11 is 2.00. The van der Waals surface area contributed by atoms with Gasteiger partial charge in [0.15, 0.2) is 0 Å². The summed E-state index contributed by atoms with van der Waals surface area (Å²) in [6.45, 7) is 8.60. The Balaban J connectivity index is 2.19. The quantitative estimate of drug-likeness (QED) is 0.686. The molecule has 1 aromatic carbocycles. The lowest BCUT2D eigenvalue weighted by molar-refractivity contribution is 0.0526. The third-order valence-corrected chi connectivity index (χ3v) is 4.53. The summed E-state index contributed by atoms with van der Waals surface area (Å²) in [5, 5.41) is 1.17. The molecule has 0 aromatic heterocycles. The number of nitrogens with two attached hydrogens (primary N) is 1. The molecular weight excluding hydrogens is 272 g/mol. The molecule has 1 aliphatic rings. The first kappa shape index (κ1) is 15.0. The van der Waals surface area contributed by atoms with E-state index in [0.29, 0.717) is 28.4 Å². The first-order valence-electron chi connectivity index (χ1n) is 6.98. The summed E-state index contributed by atoms with van der Waals surface area (Å²) in [7, 11) is 0. The number of rotatable bonds is 3. The average molecular weight is 294 g/mol. The predicted octanol–water partition coefficient (Wildman–Crippen LogP) is 2.78. The lowest BCUT2D eigenvalue weighted by atomic mass is 10.1. The molecule has 2 rings (SSSR count). The number of anilines is 2. The Kier molecular flexibility index (Phi) is 4.81. The van der Waals surface area contributed by atoms with Gasteiger partial charge in [-0.25, -0.2) is 4.79 Å². The summed E-state index contributed by atoms with van der Waals surface area (Å²) in [5.41, 5.74) is 8.29. The maximum absolute atomic E-state index is 11.7. The average Bonchev–Trinajstić information content (AvgIpc) is 2.37. The van der Waals surface area contributed by atoms with E-state index >= 15 is 0 Å². The van der Waals surface area contributed by atoms with Crippen molar-refractivity contribution in [1.29, 1.82) is 0 Å². The van der Waals surface area contributed by atoms with Crippen molar-refractivity contribution in [3.63, 3.8) is 0 Å². The lowest BCUT2D eigenvalue weighted by Gasteiger charge is -2.36. The largest absolute Gasteiger partial charge is 0.462 e. The molecule has 1 aliphatic heterocycles. The second-order valence-electron chi connectivity index (χ2n) is 5.16. The van der Waals surface area contributed by atoms with E-state index in [1.807, 2.05) is 17.8 Å². The zero-order valence-corrected chi connectivity index (χ0v) is 13.1. The van der Waals surface area contributed by atoms with Gasteiger partial charge in [-0.05, 0) is 25.1 Å². The molecule has 4 nitrogen and oxygen atoms in total. The monoisotopic (exact) mass is 294 g/mol. The molecule has 2 atom stereocenters. The molecule has 0 saturated carbocycles. The highest BCUT2D eigenvalue weighted by Crippen LogP contribution is 2.32. The number of carbonyl (C=O) groups excluding carboxylic acids is 1. The minimum absolute atomic E-state index is 0.318. The van der Waals surface area contributed by atoms with Gasteiger partial charge in [0.1, 0.15) is 0 Å². The van der Waals surface area contributed by atoms with Crippen LogP contribution in [0.5, 0.6) is 0 Å². The van der Waals surface area contributed by atoms with Crippen molar-refractivity contribution in [2.75, 3.05) is 30.3 Å². The third kappa shape index (κ3) is 3.39. The number of hydrogen-bond acceptors (Lipinski definition) is 5. The normalized spacial score (nSPS) is 22.6. The van der Waals surface area contributed by atoms with E-state index in [1.165, 1.54) is 0 Å². The number of nitrogens with zero attached hydrogens (tertiary/aromatic N) is 1. The molecule has 2 unspecified atom stereocenters. The molecule has 1 saturated heterocycles. The van der Waals surface area contributed by atoms with Gasteiger partial charge in [-0.2, -0.15) is 11.8 Å². The number of benzene rings is 1. The number of carbonyl (C=O) groups is 1. The van der Waals surface area contributed by atoms with Crippen LogP contribution in [-0.4, -0.2) is 36.2 Å². The fraction of sp³-hybridized carbons (Fsp3) is 0.533. The zero-order valence-electron chi connectivity index (χ0n) is 12.3. The van der Waals surface area contributed by atoms with Crippen LogP contribution in [0.25, 0.3) is 0 Å². The van der Waals surface area contributed by atoms with E-state index < -0.39 is 0 Å². The van der Waals surface area contributed by atoms with Crippen molar-refractivity contribution < 1.29 is 9.53 Å². The molecule has 5 heteroatoms. The van der Waals surface area contributed by atoms with Gasteiger partial charge in [-0.1, -0.05) is 13.8 Å². The molecule has 0 radical (unpaired) electrons. The summed E-state index contributed by atoms with van der Waals surface area (Å²) in [6, 6.07) is 5.43. The van der Waals surface area contributed by atoms with E-state index in [4.69, 9.17) is 10.5 Å². The topological polar surface area (TPSA) is 55.6 Å². The molecule has 0 spiro atoms. The van der Waals surface area contributed by atoms with E-state index in [9.17, 15) is 4.79 Å². The fourth-order valence-electron chi connectivity index (χ4n) is 2.56. The number of ether oxygens (including phenoxy) is 1. The summed E-state index contributed by atoms with van der Waals surface area (Å²) in [4.78, 5) is 14.0. The van der Waals surface area contributed by atoms with Crippen LogP contribution < -0.4 is 10.6 Å². The Morgan fingerprint density at radius 2 is 2.05 bits per heavy atom. The minimum atomic E-state index is -0.318. The smallest absolute Gasteiger partial charge is 0.338 e. The number of thioether (sulfide) groups is 1. The van der Waals surface area contributed by atoms with Gasteiger partial charge in [-0.15, -0.1) is 0 Å². The molecule has 2 N–H and O–H groups in total. The second-order valence-corrected chi connectivity index (χ2v) is 7.04. The van der Waals surface area contributed by atoms with Crippen molar-refractivity contribution in [3.8, 4) is 0 Å². The Bertz CT molecular complexity index is 483. The van der Waals surface area contributed by atoms with Crippen LogP contribution in [0.1, 0.15) is 31.1 Å². The SMILES string of the molecule is CCOC(=O)c1ccc(N2CC(C)SC(C)C2)c(N)c1. The standard InChI is InChI=1S/C15H22N2O2S/c1-4-19-15(18)12-5-6-14(13(16)7-12)17-8-10(2)20-11(3)9-17/h5-7,10-11H,4,8-9,16H2,1-3H3. The first-order valence-corrected chi connectivity index (χ1v) is 7.92. The van der Waals surface area contributed by atoms with Crippen LogP contribution in [0, 0.1) is 0 Å². The van der Waals surface area contributed by atoms with Crippen molar-refractivity contribution >= 4 is 29.1 Å². The van der Waals surface area contributed by atoms with Gasteiger partial charge in [0.05, 0.1) is 23.5 Å². The number of hydrogen-bond donors (Lipinski definition) is 1. The van der Waals surface area contributed by atoms with Gasteiger partial charge in [0.2, 0.25) is 0 Å². The van der Waals surface area contributed by atoms with Crippen molar-refractivity contribution in [1.82, 2.24) is 0 Å². The van der Waals surface area contributed by atoms with E-state index in [-0.39, 0.29) is 5.97 Å². The van der Waals surface area contributed by atoms with E-state index in [2.05, 4.69) is 18.7 Å². The highest BCUT2D eigenvalue weighted by atomic mass is 32.2. The lowest BCUT2D eigenvalue weighted by Crippen LogP contribution is -2.40. The summed E-state index contributed by atoms with van der Waals surface area (Å²) in [5.74, 6) is -0.318. The highest BCUT2D eigenvalue weighted by molar-refractivity contribution is 8.00. The molecule has 1 aromatic rings. The van der Waals surface area contributed by atoms with Crippen LogP contribution in [-0.2, 0) is 4.74 Å². The molecule has 110 valence electrons. The predicted molar refractivity (Wildman–Crippen MR) is 85.5 cm³/mol. The van der Waals surface area contributed by atoms with E-state index in [1.54, 1.807) is 19.1 Å². The Hall–Kier alpha value is -1.36. The van der Waals surface area contributed by atoms with Crippen molar-refractivity contribution in [2.24, 2.45) is 0 Å². The number of esters is 1. The van der Waals surface area contributed by atoms with Crippen LogP contribution in [0.4, 0.5) is 11.4 Å². The zero-order chi connectivity index (χ0) is 14.7. The van der Waals surface area contributed by atoms with E-state index in [0.717, 1.165) is 18.8 Å². The molecule has 0 aliphatic carbocycles. The van der Waals surface area contributed by atoms with Gasteiger partial charge < -0.3 is 15.4 Å². The van der Waals surface area contributed by atoms with Crippen LogP contribution in [0.15, 0.2) is 18.2 Å². The summed E-state index contributed by atoms with van der Waals surface area (Å²) < 4.78 is 4.99. The van der Waals surface area contributed by atoms with Crippen LogP contribution in [0.2, 0.25) is 0 Å². The number of nitrogen functional groups attached to an aromatic ring is 1. The maximum Gasteiger partial charge on any atom is 0.338 e. The molecule has 0 bridgehead atoms. The first-order chi connectivity index (χ1) is 9.51. The van der Waals surface area contributed by atoms with Gasteiger partial charge >= 0.3 is 5.97 Å². The molecule has 1 fully saturated rings. The molecular formula is C15H22N2O2S. The van der Waals surface area contributed by atoms with Crippen molar-refractivity contribution in [3.05, 3.63) is 23.8 Å². The van der Waals surface area contributed by atoms with Gasteiger partial charge in [-0.3, -0.25) is 0 Å². The molecule has 0 amide bonds. The van der Waals surface area contributed by atoms with Gasteiger partial charge in [0.25, 0.3) is 0 Å². The highest BCUT2D eigenvalue weighted by Gasteiger charge is 2.24. The van der Waals surface area contributed by atoms with Crippen LogP contribution >= 0.6 is 11.8 Å². The van der Waals surface area contributed by atoms with Gasteiger partial charge in [0, 0.05) is 23.6 Å². The molecule has 20 heavy (non-hydrogen) atoms. The Morgan fingerprint density at radius 1 is 1.40 bits per heavy atom. The minimum Gasteiger partial charge on any atom is -0.462 e.